The smallest absolute Gasteiger partial charge is 0.126 e. The lowest BCUT2D eigenvalue weighted by Gasteiger charge is -2.12. The monoisotopic (exact) mass is 227 g/mol. The van der Waals surface area contributed by atoms with Gasteiger partial charge in [0.2, 0.25) is 0 Å². The number of fused-ring (bicyclic) bond motifs is 1. The third-order valence-corrected chi connectivity index (χ3v) is 2.74. The first-order valence-electron chi connectivity index (χ1n) is 5.21. The van der Waals surface area contributed by atoms with Crippen LogP contribution in [0.1, 0.15) is 30.9 Å². The predicted octanol–water partition coefficient (Wildman–Crippen LogP) is 2.49. The molecule has 1 aromatic rings. The molecule has 0 amide bonds. The summed E-state index contributed by atoms with van der Waals surface area (Å²) in [5.74, 6) is 1.60. The van der Waals surface area contributed by atoms with Crippen LogP contribution in [0, 0.1) is 0 Å². The molecule has 0 saturated carbocycles. The zero-order valence-electron chi connectivity index (χ0n) is 9.19. The van der Waals surface area contributed by atoms with E-state index < -0.39 is 0 Å². The van der Waals surface area contributed by atoms with Crippen LogP contribution < -0.4 is 10.5 Å². The van der Waals surface area contributed by atoms with E-state index in [1.54, 1.807) is 0 Å². The summed E-state index contributed by atoms with van der Waals surface area (Å²) >= 11 is 0. The predicted molar refractivity (Wildman–Crippen MR) is 65.0 cm³/mol. The summed E-state index contributed by atoms with van der Waals surface area (Å²) in [7, 11) is 0. The summed E-state index contributed by atoms with van der Waals surface area (Å²) in [4.78, 5) is 0. The van der Waals surface area contributed by atoms with Gasteiger partial charge in [0, 0.05) is 13.0 Å². The largest absolute Gasteiger partial charge is 0.488 e. The number of rotatable bonds is 2. The Kier molecular flexibility index (Phi) is 4.00. The van der Waals surface area contributed by atoms with Gasteiger partial charge in [-0.2, -0.15) is 0 Å². The van der Waals surface area contributed by atoms with Crippen molar-refractivity contribution in [2.75, 3.05) is 6.54 Å². The SMILES string of the molecule is CC(C)c1cccc2c1OC(CN)C2.Cl. The molecule has 1 heterocycles. The Labute approximate surface area is 97.2 Å². The third kappa shape index (κ3) is 2.27. The van der Waals surface area contributed by atoms with Gasteiger partial charge in [-0.25, -0.2) is 0 Å². The fourth-order valence-electron chi connectivity index (χ4n) is 1.95. The highest BCUT2D eigenvalue weighted by atomic mass is 35.5. The summed E-state index contributed by atoms with van der Waals surface area (Å²) in [6.45, 7) is 4.98. The van der Waals surface area contributed by atoms with Gasteiger partial charge in [0.15, 0.2) is 0 Å². The molecule has 0 aromatic heterocycles. The van der Waals surface area contributed by atoms with Crippen LogP contribution in [0.4, 0.5) is 0 Å². The van der Waals surface area contributed by atoms with Gasteiger partial charge in [0.25, 0.3) is 0 Å². The second-order valence-corrected chi connectivity index (χ2v) is 4.17. The number of ether oxygens (including phenoxy) is 1. The molecule has 2 N–H and O–H groups in total. The van der Waals surface area contributed by atoms with E-state index in [2.05, 4.69) is 32.0 Å². The van der Waals surface area contributed by atoms with Crippen molar-refractivity contribution in [3.05, 3.63) is 29.3 Å². The first-order valence-corrected chi connectivity index (χ1v) is 5.21. The lowest BCUT2D eigenvalue weighted by molar-refractivity contribution is 0.239. The van der Waals surface area contributed by atoms with E-state index in [9.17, 15) is 0 Å². The molecule has 1 unspecified atom stereocenters. The minimum absolute atomic E-state index is 0. The normalized spacial score (nSPS) is 18.3. The number of hydrogen-bond donors (Lipinski definition) is 1. The van der Waals surface area contributed by atoms with Gasteiger partial charge >= 0.3 is 0 Å². The molecule has 1 aromatic carbocycles. The maximum atomic E-state index is 5.82. The highest BCUT2D eigenvalue weighted by Gasteiger charge is 2.24. The van der Waals surface area contributed by atoms with Crippen molar-refractivity contribution in [3.8, 4) is 5.75 Å². The van der Waals surface area contributed by atoms with Crippen molar-refractivity contribution in [2.24, 2.45) is 5.73 Å². The molecule has 15 heavy (non-hydrogen) atoms. The van der Waals surface area contributed by atoms with Crippen molar-refractivity contribution in [2.45, 2.75) is 32.3 Å². The van der Waals surface area contributed by atoms with Crippen LogP contribution in [0.2, 0.25) is 0 Å². The molecule has 84 valence electrons. The molecule has 0 fully saturated rings. The Morgan fingerprint density at radius 1 is 1.47 bits per heavy atom. The van der Waals surface area contributed by atoms with E-state index in [1.165, 1.54) is 11.1 Å². The Hall–Kier alpha value is -0.730. The van der Waals surface area contributed by atoms with E-state index in [0.717, 1.165) is 12.2 Å². The van der Waals surface area contributed by atoms with E-state index in [0.29, 0.717) is 12.5 Å². The number of halogens is 1. The second kappa shape index (κ2) is 4.86. The quantitative estimate of drug-likeness (QED) is 0.843. The number of hydrogen-bond acceptors (Lipinski definition) is 2. The standard InChI is InChI=1S/C12H17NO.ClH/c1-8(2)11-5-3-4-9-6-10(7-13)14-12(9)11;/h3-5,8,10H,6-7,13H2,1-2H3;1H. The van der Waals surface area contributed by atoms with E-state index in [4.69, 9.17) is 10.5 Å². The van der Waals surface area contributed by atoms with Gasteiger partial charge in [-0.1, -0.05) is 32.0 Å². The number of benzene rings is 1. The molecule has 0 radical (unpaired) electrons. The lowest BCUT2D eigenvalue weighted by atomic mass is 9.99. The Bertz CT molecular complexity index is 338. The summed E-state index contributed by atoms with van der Waals surface area (Å²) in [5.41, 5.74) is 8.23. The molecule has 2 rings (SSSR count). The topological polar surface area (TPSA) is 35.2 Å². The molecular formula is C12H18ClNO. The summed E-state index contributed by atoms with van der Waals surface area (Å²) < 4.78 is 5.82. The molecule has 1 aliphatic rings. The van der Waals surface area contributed by atoms with Gasteiger partial charge in [-0.15, -0.1) is 12.4 Å². The summed E-state index contributed by atoms with van der Waals surface area (Å²) in [6, 6.07) is 6.38. The first-order chi connectivity index (χ1) is 6.72. The zero-order chi connectivity index (χ0) is 10.1. The maximum absolute atomic E-state index is 5.82. The van der Waals surface area contributed by atoms with Crippen LogP contribution in [0.5, 0.6) is 5.75 Å². The van der Waals surface area contributed by atoms with Crippen LogP contribution in [0.15, 0.2) is 18.2 Å². The Balaban J connectivity index is 0.00000112. The third-order valence-electron chi connectivity index (χ3n) is 2.74. The van der Waals surface area contributed by atoms with Gasteiger partial charge in [0.1, 0.15) is 11.9 Å². The van der Waals surface area contributed by atoms with Crippen LogP contribution in [0.3, 0.4) is 0 Å². The molecule has 1 aliphatic heterocycles. The Morgan fingerprint density at radius 3 is 2.80 bits per heavy atom. The molecule has 0 bridgehead atoms. The minimum atomic E-state index is 0. The van der Waals surface area contributed by atoms with E-state index in [1.807, 2.05) is 0 Å². The summed E-state index contributed by atoms with van der Waals surface area (Å²) in [5, 5.41) is 0. The fourth-order valence-corrected chi connectivity index (χ4v) is 1.95. The van der Waals surface area contributed by atoms with Crippen LogP contribution in [-0.2, 0) is 6.42 Å². The average molecular weight is 228 g/mol. The van der Waals surface area contributed by atoms with Crippen molar-refractivity contribution >= 4 is 12.4 Å². The molecule has 1 atom stereocenters. The molecule has 0 spiro atoms. The van der Waals surface area contributed by atoms with Crippen LogP contribution >= 0.6 is 12.4 Å². The van der Waals surface area contributed by atoms with Crippen molar-refractivity contribution in [1.29, 1.82) is 0 Å². The van der Waals surface area contributed by atoms with E-state index in [-0.39, 0.29) is 18.5 Å². The molecule has 2 nitrogen and oxygen atoms in total. The fraction of sp³-hybridized carbons (Fsp3) is 0.500. The molecule has 0 aliphatic carbocycles. The highest BCUT2D eigenvalue weighted by Crippen LogP contribution is 2.35. The molecule has 3 heteroatoms. The lowest BCUT2D eigenvalue weighted by Crippen LogP contribution is -2.24. The minimum Gasteiger partial charge on any atom is -0.488 e. The van der Waals surface area contributed by atoms with Crippen molar-refractivity contribution in [3.63, 3.8) is 0 Å². The maximum Gasteiger partial charge on any atom is 0.126 e. The molecular weight excluding hydrogens is 210 g/mol. The first kappa shape index (κ1) is 12.3. The van der Waals surface area contributed by atoms with Gasteiger partial charge < -0.3 is 10.5 Å². The van der Waals surface area contributed by atoms with Crippen LogP contribution in [-0.4, -0.2) is 12.6 Å². The van der Waals surface area contributed by atoms with Gasteiger partial charge in [0.05, 0.1) is 0 Å². The highest BCUT2D eigenvalue weighted by molar-refractivity contribution is 5.85. The van der Waals surface area contributed by atoms with Crippen molar-refractivity contribution < 1.29 is 4.74 Å². The summed E-state index contributed by atoms with van der Waals surface area (Å²) in [6.07, 6.45) is 1.15. The van der Waals surface area contributed by atoms with Gasteiger partial charge in [-0.3, -0.25) is 0 Å². The number of nitrogens with two attached hydrogens (primary N) is 1. The van der Waals surface area contributed by atoms with Crippen LogP contribution in [0.25, 0.3) is 0 Å². The average Bonchev–Trinajstić information content (AvgIpc) is 2.59. The van der Waals surface area contributed by atoms with E-state index >= 15 is 0 Å². The van der Waals surface area contributed by atoms with Gasteiger partial charge in [-0.05, 0) is 17.0 Å². The molecule has 0 saturated heterocycles. The van der Waals surface area contributed by atoms with Crippen molar-refractivity contribution in [1.82, 2.24) is 0 Å². The second-order valence-electron chi connectivity index (χ2n) is 4.17. The Morgan fingerprint density at radius 2 is 2.20 bits per heavy atom. The zero-order valence-corrected chi connectivity index (χ0v) is 10.0. The number of para-hydroxylation sites is 1.